The van der Waals surface area contributed by atoms with Crippen molar-refractivity contribution in [2.45, 2.75) is 11.3 Å². The van der Waals surface area contributed by atoms with Gasteiger partial charge in [0.1, 0.15) is 0 Å². The lowest BCUT2D eigenvalue weighted by Crippen LogP contribution is -2.09. The first kappa shape index (κ1) is 15.8. The van der Waals surface area contributed by atoms with Crippen molar-refractivity contribution in [3.05, 3.63) is 39.3 Å². The summed E-state index contributed by atoms with van der Waals surface area (Å²) in [5.74, 6) is 0.593. The molecule has 2 aromatic heterocycles. The highest BCUT2D eigenvalue weighted by molar-refractivity contribution is 8.01. The van der Waals surface area contributed by atoms with Gasteiger partial charge in [0, 0.05) is 22.2 Å². The molecule has 1 aromatic carbocycles. The zero-order chi connectivity index (χ0) is 16.4. The summed E-state index contributed by atoms with van der Waals surface area (Å²) in [6.07, 6.45) is 0. The van der Waals surface area contributed by atoms with E-state index in [1.165, 1.54) is 34.8 Å². The number of benzene rings is 1. The number of hydrogen-bond donors (Lipinski definition) is 1. The van der Waals surface area contributed by atoms with Crippen LogP contribution in [0.15, 0.2) is 28.6 Å². The fourth-order valence-corrected chi connectivity index (χ4v) is 4.44. The normalized spacial score (nSPS) is 10.8. The Bertz CT molecular complexity index is 890. The monoisotopic (exact) mass is 366 g/mol. The standard InChI is InChI=1S/C13H10N4O3S3/c1-2-21-13-16-15-12(23-13)14-11(18)10-6-7-5-8(17(19)20)3-4-9(7)22-10/h3-6H,2H2,1H3,(H,14,15,18). The number of nitrogens with zero attached hydrogens (tertiary/aromatic N) is 3. The number of aromatic nitrogens is 2. The van der Waals surface area contributed by atoms with Crippen LogP contribution in [-0.2, 0) is 0 Å². The maximum atomic E-state index is 12.3. The second kappa shape index (κ2) is 6.60. The quantitative estimate of drug-likeness (QED) is 0.317. The Morgan fingerprint density at radius 1 is 1.35 bits per heavy atom. The van der Waals surface area contributed by atoms with Gasteiger partial charge in [-0.2, -0.15) is 0 Å². The number of rotatable bonds is 5. The highest BCUT2D eigenvalue weighted by atomic mass is 32.2. The fraction of sp³-hybridized carbons (Fsp3) is 0.154. The third-order valence-corrected chi connectivity index (χ3v) is 5.80. The first-order chi connectivity index (χ1) is 11.1. The molecule has 118 valence electrons. The van der Waals surface area contributed by atoms with Gasteiger partial charge in [0.05, 0.1) is 9.80 Å². The molecule has 7 nitrogen and oxygen atoms in total. The van der Waals surface area contributed by atoms with Gasteiger partial charge in [-0.15, -0.1) is 21.5 Å². The van der Waals surface area contributed by atoms with Crippen LogP contribution in [0.3, 0.4) is 0 Å². The van der Waals surface area contributed by atoms with Gasteiger partial charge in [-0.1, -0.05) is 30.0 Å². The Balaban J connectivity index is 1.81. The molecule has 1 amide bonds. The molecule has 0 aliphatic carbocycles. The maximum Gasteiger partial charge on any atom is 0.270 e. The molecule has 23 heavy (non-hydrogen) atoms. The maximum absolute atomic E-state index is 12.3. The van der Waals surface area contributed by atoms with Crippen LogP contribution in [0.25, 0.3) is 10.1 Å². The summed E-state index contributed by atoms with van der Waals surface area (Å²) in [6.45, 7) is 2.01. The first-order valence-electron chi connectivity index (χ1n) is 6.52. The highest BCUT2D eigenvalue weighted by Crippen LogP contribution is 2.30. The van der Waals surface area contributed by atoms with Crippen molar-refractivity contribution < 1.29 is 9.72 Å². The van der Waals surface area contributed by atoms with Gasteiger partial charge >= 0.3 is 0 Å². The zero-order valence-electron chi connectivity index (χ0n) is 11.8. The Morgan fingerprint density at radius 3 is 2.91 bits per heavy atom. The van der Waals surface area contributed by atoms with Gasteiger partial charge < -0.3 is 0 Å². The number of fused-ring (bicyclic) bond motifs is 1. The second-order valence-corrected chi connectivity index (χ2v) is 7.92. The van der Waals surface area contributed by atoms with Crippen molar-refractivity contribution in [3.63, 3.8) is 0 Å². The molecule has 3 rings (SSSR count). The Kier molecular flexibility index (Phi) is 4.55. The number of nitro benzene ring substituents is 1. The van der Waals surface area contributed by atoms with Crippen LogP contribution in [0.2, 0.25) is 0 Å². The first-order valence-corrected chi connectivity index (χ1v) is 9.14. The zero-order valence-corrected chi connectivity index (χ0v) is 14.3. The van der Waals surface area contributed by atoms with E-state index in [0.29, 0.717) is 15.4 Å². The van der Waals surface area contributed by atoms with Gasteiger partial charge in [0.25, 0.3) is 11.6 Å². The summed E-state index contributed by atoms with van der Waals surface area (Å²) >= 11 is 4.16. The van der Waals surface area contributed by atoms with Crippen LogP contribution in [0.5, 0.6) is 0 Å². The van der Waals surface area contributed by atoms with E-state index in [-0.39, 0.29) is 11.6 Å². The summed E-state index contributed by atoms with van der Waals surface area (Å²) < 4.78 is 1.62. The van der Waals surface area contributed by atoms with E-state index in [2.05, 4.69) is 15.5 Å². The predicted octanol–water partition coefficient (Wildman–Crippen LogP) is 4.03. The smallest absolute Gasteiger partial charge is 0.270 e. The average molecular weight is 366 g/mol. The van der Waals surface area contributed by atoms with Crippen molar-refractivity contribution in [2.24, 2.45) is 0 Å². The lowest BCUT2D eigenvalue weighted by atomic mass is 10.2. The molecule has 0 radical (unpaired) electrons. The minimum absolute atomic E-state index is 0.00705. The number of amides is 1. The van der Waals surface area contributed by atoms with Crippen molar-refractivity contribution in [3.8, 4) is 0 Å². The number of hydrogen-bond acceptors (Lipinski definition) is 8. The third kappa shape index (κ3) is 3.49. The van der Waals surface area contributed by atoms with Gasteiger partial charge in [0.15, 0.2) is 4.34 Å². The summed E-state index contributed by atoms with van der Waals surface area (Å²) in [5, 5.41) is 22.5. The van der Waals surface area contributed by atoms with Gasteiger partial charge in [0.2, 0.25) is 5.13 Å². The molecule has 0 aliphatic rings. The molecule has 2 heterocycles. The topological polar surface area (TPSA) is 98.0 Å². The second-order valence-electron chi connectivity index (χ2n) is 4.35. The van der Waals surface area contributed by atoms with Crippen LogP contribution >= 0.6 is 34.4 Å². The van der Waals surface area contributed by atoms with Crippen LogP contribution in [0.4, 0.5) is 10.8 Å². The van der Waals surface area contributed by atoms with Crippen molar-refractivity contribution >= 4 is 61.2 Å². The van der Waals surface area contributed by atoms with E-state index in [9.17, 15) is 14.9 Å². The van der Waals surface area contributed by atoms with Gasteiger partial charge in [-0.25, -0.2) is 0 Å². The molecular formula is C13H10N4O3S3. The molecular weight excluding hydrogens is 356 g/mol. The minimum atomic E-state index is -0.453. The molecule has 10 heteroatoms. The molecule has 0 spiro atoms. The lowest BCUT2D eigenvalue weighted by molar-refractivity contribution is -0.384. The molecule has 0 saturated heterocycles. The molecule has 3 aromatic rings. The molecule has 0 saturated carbocycles. The average Bonchev–Trinajstić information content (AvgIpc) is 3.13. The summed E-state index contributed by atoms with van der Waals surface area (Å²) in [6, 6.07) is 6.18. The predicted molar refractivity (Wildman–Crippen MR) is 92.7 cm³/mol. The van der Waals surface area contributed by atoms with E-state index in [1.54, 1.807) is 23.9 Å². The number of anilines is 1. The van der Waals surface area contributed by atoms with Crippen LogP contribution in [0.1, 0.15) is 16.6 Å². The van der Waals surface area contributed by atoms with Crippen LogP contribution < -0.4 is 5.32 Å². The number of nitrogens with one attached hydrogen (secondary N) is 1. The van der Waals surface area contributed by atoms with E-state index < -0.39 is 4.92 Å². The number of nitro groups is 1. The van der Waals surface area contributed by atoms with Crippen LogP contribution in [0, 0.1) is 10.1 Å². The van der Waals surface area contributed by atoms with E-state index in [0.717, 1.165) is 14.8 Å². The lowest BCUT2D eigenvalue weighted by Gasteiger charge is -1.96. The Labute approximate surface area is 142 Å². The van der Waals surface area contributed by atoms with Gasteiger partial charge in [-0.3, -0.25) is 20.2 Å². The third-order valence-electron chi connectivity index (χ3n) is 2.83. The van der Waals surface area contributed by atoms with Crippen molar-refractivity contribution in [1.29, 1.82) is 0 Å². The Hall–Kier alpha value is -2.04. The van der Waals surface area contributed by atoms with Crippen molar-refractivity contribution in [1.82, 2.24) is 10.2 Å². The fourth-order valence-electron chi connectivity index (χ4n) is 1.86. The Morgan fingerprint density at radius 2 is 2.17 bits per heavy atom. The largest absolute Gasteiger partial charge is 0.296 e. The highest BCUT2D eigenvalue weighted by Gasteiger charge is 2.15. The SMILES string of the molecule is CCSc1nnc(NC(=O)c2cc3cc([N+](=O)[O-])ccc3s2)s1. The number of thioether (sulfide) groups is 1. The number of non-ortho nitro benzene ring substituents is 1. The van der Waals surface area contributed by atoms with Gasteiger partial charge in [-0.05, 0) is 17.9 Å². The van der Waals surface area contributed by atoms with Crippen LogP contribution in [-0.4, -0.2) is 26.8 Å². The van der Waals surface area contributed by atoms with E-state index in [1.807, 2.05) is 6.92 Å². The number of thiophene rings is 1. The summed E-state index contributed by atoms with van der Waals surface area (Å²) in [7, 11) is 0. The molecule has 0 unspecified atom stereocenters. The molecule has 0 atom stereocenters. The van der Waals surface area contributed by atoms with E-state index >= 15 is 0 Å². The van der Waals surface area contributed by atoms with Crippen molar-refractivity contribution in [2.75, 3.05) is 11.1 Å². The molecule has 0 aliphatic heterocycles. The summed E-state index contributed by atoms with van der Waals surface area (Å²) in [5.41, 5.74) is 0.00705. The number of carbonyl (C=O) groups excluding carboxylic acids is 1. The summed E-state index contributed by atoms with van der Waals surface area (Å²) in [4.78, 5) is 23.1. The van der Waals surface area contributed by atoms with E-state index in [4.69, 9.17) is 0 Å². The molecule has 1 N–H and O–H groups in total. The molecule has 0 fully saturated rings. The minimum Gasteiger partial charge on any atom is -0.296 e. The molecule has 0 bridgehead atoms. The number of carbonyl (C=O) groups is 1.